The number of thiazole rings is 1. The number of anilines is 1. The first-order valence-corrected chi connectivity index (χ1v) is 9.65. The molecular formula is C16H17N3O4S2. The summed E-state index contributed by atoms with van der Waals surface area (Å²) in [5.74, 6) is 0.885. The number of aromatic nitrogens is 1. The second-order valence-electron chi connectivity index (χ2n) is 5.72. The van der Waals surface area contributed by atoms with Crippen LogP contribution in [-0.4, -0.2) is 37.7 Å². The highest BCUT2D eigenvalue weighted by Gasteiger charge is 2.19. The van der Waals surface area contributed by atoms with Gasteiger partial charge in [0.15, 0.2) is 5.13 Å². The number of hydrogen-bond donors (Lipinski definition) is 1. The molecule has 2 aromatic heterocycles. The summed E-state index contributed by atoms with van der Waals surface area (Å²) in [6.45, 7) is 3.49. The number of furan rings is 1. The summed E-state index contributed by atoms with van der Waals surface area (Å²) in [4.78, 5) is 16.9. The van der Waals surface area contributed by atoms with E-state index in [1.165, 1.54) is 31.5 Å². The van der Waals surface area contributed by atoms with E-state index in [1.807, 2.05) is 0 Å². The van der Waals surface area contributed by atoms with Crippen LogP contribution in [0.4, 0.5) is 5.13 Å². The van der Waals surface area contributed by atoms with E-state index in [0.29, 0.717) is 32.4 Å². The van der Waals surface area contributed by atoms with Crippen molar-refractivity contribution in [3.63, 3.8) is 0 Å². The maximum Gasteiger partial charge on any atom is 0.260 e. The van der Waals surface area contributed by atoms with Crippen molar-refractivity contribution in [1.82, 2.24) is 9.29 Å². The largest absolute Gasteiger partial charge is 0.466 e. The van der Waals surface area contributed by atoms with Gasteiger partial charge in [-0.25, -0.2) is 17.7 Å². The van der Waals surface area contributed by atoms with Crippen LogP contribution in [0.5, 0.6) is 0 Å². The van der Waals surface area contributed by atoms with Gasteiger partial charge in [-0.05, 0) is 38.1 Å². The number of nitrogens with one attached hydrogen (secondary N) is 1. The Morgan fingerprint density at radius 3 is 2.56 bits per heavy atom. The molecule has 0 unspecified atom stereocenters. The Kier molecular flexibility index (Phi) is 4.40. The highest BCUT2D eigenvalue weighted by molar-refractivity contribution is 7.89. The lowest BCUT2D eigenvalue weighted by Gasteiger charge is -2.10. The van der Waals surface area contributed by atoms with Gasteiger partial charge in [0, 0.05) is 14.1 Å². The zero-order valence-electron chi connectivity index (χ0n) is 14.2. The van der Waals surface area contributed by atoms with Crippen molar-refractivity contribution in [3.8, 4) is 0 Å². The van der Waals surface area contributed by atoms with Gasteiger partial charge in [-0.1, -0.05) is 11.3 Å². The van der Waals surface area contributed by atoms with Crippen LogP contribution >= 0.6 is 11.3 Å². The van der Waals surface area contributed by atoms with Crippen molar-refractivity contribution in [3.05, 3.63) is 41.3 Å². The predicted octanol–water partition coefficient (Wildman–Crippen LogP) is 3.01. The third kappa shape index (κ3) is 3.30. The topological polar surface area (TPSA) is 92.5 Å². The Hall–Kier alpha value is -2.23. The molecular weight excluding hydrogens is 362 g/mol. The fourth-order valence-electron chi connectivity index (χ4n) is 2.35. The standard InChI is InChI=1S/C16H17N3O4S2/c1-9-7-12(10(2)23-9)15(20)18-16-17-13-6-5-11(8-14(13)24-16)25(21,22)19(3)4/h5-8H,1-4H3,(H,17,18,20). The fraction of sp³-hybridized carbons (Fsp3) is 0.250. The van der Waals surface area contributed by atoms with Gasteiger partial charge in [0.05, 0.1) is 20.7 Å². The second-order valence-corrected chi connectivity index (χ2v) is 8.90. The van der Waals surface area contributed by atoms with Crippen LogP contribution in [0.1, 0.15) is 21.9 Å². The summed E-state index contributed by atoms with van der Waals surface area (Å²) in [7, 11) is -0.557. The minimum Gasteiger partial charge on any atom is -0.466 e. The molecule has 1 aromatic carbocycles. The SMILES string of the molecule is Cc1cc(C(=O)Nc2nc3ccc(S(=O)(=O)N(C)C)cc3s2)c(C)o1. The molecule has 0 atom stereocenters. The Morgan fingerprint density at radius 1 is 1.24 bits per heavy atom. The average molecular weight is 379 g/mol. The maximum atomic E-state index is 12.3. The second kappa shape index (κ2) is 6.25. The van der Waals surface area contributed by atoms with Gasteiger partial charge in [0.25, 0.3) is 5.91 Å². The summed E-state index contributed by atoms with van der Waals surface area (Å²) >= 11 is 1.22. The van der Waals surface area contributed by atoms with E-state index in [2.05, 4.69) is 10.3 Å². The number of carbonyl (C=O) groups is 1. The van der Waals surface area contributed by atoms with Crippen LogP contribution in [-0.2, 0) is 10.0 Å². The van der Waals surface area contributed by atoms with Crippen molar-refractivity contribution >= 4 is 42.6 Å². The molecule has 0 radical (unpaired) electrons. The molecule has 25 heavy (non-hydrogen) atoms. The van der Waals surface area contributed by atoms with Crippen molar-refractivity contribution in [2.75, 3.05) is 19.4 Å². The van der Waals surface area contributed by atoms with E-state index < -0.39 is 10.0 Å². The number of fused-ring (bicyclic) bond motifs is 1. The molecule has 0 aliphatic heterocycles. The molecule has 9 heteroatoms. The molecule has 2 heterocycles. The summed E-state index contributed by atoms with van der Waals surface area (Å²) in [5.41, 5.74) is 1.07. The van der Waals surface area contributed by atoms with Crippen molar-refractivity contribution < 1.29 is 17.6 Å². The molecule has 0 aliphatic rings. The first kappa shape index (κ1) is 17.6. The molecule has 7 nitrogen and oxygen atoms in total. The van der Waals surface area contributed by atoms with E-state index in [4.69, 9.17) is 4.42 Å². The van der Waals surface area contributed by atoms with Crippen LogP contribution in [0, 0.1) is 13.8 Å². The van der Waals surface area contributed by atoms with Gasteiger partial charge in [0.2, 0.25) is 10.0 Å². The molecule has 3 aromatic rings. The van der Waals surface area contributed by atoms with Crippen LogP contribution < -0.4 is 5.32 Å². The van der Waals surface area contributed by atoms with E-state index in [1.54, 1.807) is 32.0 Å². The first-order valence-electron chi connectivity index (χ1n) is 7.40. The maximum absolute atomic E-state index is 12.3. The third-order valence-electron chi connectivity index (χ3n) is 3.64. The molecule has 1 amide bonds. The molecule has 3 rings (SSSR count). The lowest BCUT2D eigenvalue weighted by molar-refractivity contribution is 0.102. The van der Waals surface area contributed by atoms with Gasteiger partial charge in [-0.15, -0.1) is 0 Å². The van der Waals surface area contributed by atoms with Crippen LogP contribution in [0.2, 0.25) is 0 Å². The number of rotatable bonds is 4. The van der Waals surface area contributed by atoms with E-state index in [-0.39, 0.29) is 10.8 Å². The molecule has 0 saturated heterocycles. The molecule has 0 fully saturated rings. The van der Waals surface area contributed by atoms with Crippen molar-refractivity contribution in [2.45, 2.75) is 18.7 Å². The molecule has 0 aliphatic carbocycles. The highest BCUT2D eigenvalue weighted by atomic mass is 32.2. The van der Waals surface area contributed by atoms with Gasteiger partial charge >= 0.3 is 0 Å². The fourth-order valence-corrected chi connectivity index (χ4v) is 4.25. The minimum absolute atomic E-state index is 0.188. The minimum atomic E-state index is -3.52. The van der Waals surface area contributed by atoms with Crippen LogP contribution in [0.15, 0.2) is 33.6 Å². The summed E-state index contributed by atoms with van der Waals surface area (Å²) in [5, 5.41) is 3.13. The Balaban J connectivity index is 1.91. The lowest BCUT2D eigenvalue weighted by atomic mass is 10.2. The van der Waals surface area contributed by atoms with Gasteiger partial charge in [-0.2, -0.15) is 0 Å². The van der Waals surface area contributed by atoms with E-state index >= 15 is 0 Å². The third-order valence-corrected chi connectivity index (χ3v) is 6.39. The van der Waals surface area contributed by atoms with Crippen molar-refractivity contribution in [2.24, 2.45) is 0 Å². The summed E-state index contributed by atoms with van der Waals surface area (Å²) in [6, 6.07) is 6.36. The van der Waals surface area contributed by atoms with E-state index in [9.17, 15) is 13.2 Å². The van der Waals surface area contributed by atoms with Gasteiger partial charge in [-0.3, -0.25) is 10.1 Å². The monoisotopic (exact) mass is 379 g/mol. The Bertz CT molecular complexity index is 1060. The lowest BCUT2D eigenvalue weighted by Crippen LogP contribution is -2.22. The smallest absolute Gasteiger partial charge is 0.260 e. The normalized spacial score (nSPS) is 12.0. The van der Waals surface area contributed by atoms with Gasteiger partial charge < -0.3 is 4.42 Å². The van der Waals surface area contributed by atoms with Crippen molar-refractivity contribution in [1.29, 1.82) is 0 Å². The number of aryl methyl sites for hydroxylation is 2. The number of benzene rings is 1. The summed E-state index contributed by atoms with van der Waals surface area (Å²) < 4.78 is 31.6. The predicted molar refractivity (Wildman–Crippen MR) is 96.6 cm³/mol. The quantitative estimate of drug-likeness (QED) is 0.752. The zero-order valence-corrected chi connectivity index (χ0v) is 15.8. The van der Waals surface area contributed by atoms with E-state index in [0.717, 1.165) is 4.31 Å². The Labute approximate surface area is 149 Å². The number of hydrogen-bond acceptors (Lipinski definition) is 6. The highest BCUT2D eigenvalue weighted by Crippen LogP contribution is 2.29. The number of nitrogens with zero attached hydrogens (tertiary/aromatic N) is 2. The number of carbonyl (C=O) groups excluding carboxylic acids is 1. The first-order chi connectivity index (χ1) is 11.7. The molecule has 0 spiro atoms. The molecule has 132 valence electrons. The van der Waals surface area contributed by atoms with Gasteiger partial charge in [0.1, 0.15) is 11.5 Å². The zero-order chi connectivity index (χ0) is 18.4. The summed E-state index contributed by atoms with van der Waals surface area (Å²) in [6.07, 6.45) is 0. The number of sulfonamides is 1. The average Bonchev–Trinajstić information content (AvgIpc) is 3.08. The molecule has 0 bridgehead atoms. The van der Waals surface area contributed by atoms with Crippen LogP contribution in [0.25, 0.3) is 10.2 Å². The number of amides is 1. The Morgan fingerprint density at radius 2 is 1.96 bits per heavy atom. The molecule has 0 saturated carbocycles. The van der Waals surface area contributed by atoms with Crippen LogP contribution in [0.3, 0.4) is 0 Å². The molecule has 1 N–H and O–H groups in total.